The zero-order valence-electron chi connectivity index (χ0n) is 17.7. The topological polar surface area (TPSA) is 20.3 Å². The van der Waals surface area contributed by atoms with Gasteiger partial charge in [-0.15, -0.1) is 0 Å². The molecule has 0 bridgehead atoms. The lowest BCUT2D eigenvalue weighted by atomic mass is 9.83. The lowest BCUT2D eigenvalue weighted by Crippen LogP contribution is -2.46. The molecule has 3 aromatic carbocycles. The van der Waals surface area contributed by atoms with E-state index < -0.39 is 11.7 Å². The molecule has 162 valence electrons. The van der Waals surface area contributed by atoms with Gasteiger partial charge in [-0.25, -0.2) is 0 Å². The van der Waals surface area contributed by atoms with E-state index in [1.807, 2.05) is 36.4 Å². The van der Waals surface area contributed by atoms with Gasteiger partial charge in [0.25, 0.3) is 0 Å². The van der Waals surface area contributed by atoms with Crippen LogP contribution in [0, 0.1) is 11.8 Å². The van der Waals surface area contributed by atoms with E-state index in [0.29, 0.717) is 23.8 Å². The molecule has 0 radical (unpaired) electrons. The van der Waals surface area contributed by atoms with E-state index in [4.69, 9.17) is 0 Å². The average Bonchev–Trinajstić information content (AvgIpc) is 2.73. The van der Waals surface area contributed by atoms with Crippen LogP contribution in [0.15, 0.2) is 60.7 Å². The minimum Gasteiger partial charge on any atom is -0.306 e. The van der Waals surface area contributed by atoms with Crippen LogP contribution in [0.4, 0.5) is 13.2 Å². The maximum Gasteiger partial charge on any atom is 0.416 e. The van der Waals surface area contributed by atoms with Crippen LogP contribution in [0.1, 0.15) is 35.7 Å². The van der Waals surface area contributed by atoms with Gasteiger partial charge in [0.2, 0.25) is 0 Å². The SMILES string of the molecule is C[C@@H](CCC(=O)c1ccc2c(-c3ccc(C(F)(F)F)cc3)cccc2c1)C1CN(C)C1. The quantitative estimate of drug-likeness (QED) is 0.410. The Morgan fingerprint density at radius 3 is 2.42 bits per heavy atom. The van der Waals surface area contributed by atoms with E-state index in [1.165, 1.54) is 12.1 Å². The lowest BCUT2D eigenvalue weighted by molar-refractivity contribution is -0.137. The molecule has 5 heteroatoms. The molecule has 0 aliphatic carbocycles. The summed E-state index contributed by atoms with van der Waals surface area (Å²) in [6, 6.07) is 16.5. The van der Waals surface area contributed by atoms with E-state index in [1.54, 1.807) is 0 Å². The summed E-state index contributed by atoms with van der Waals surface area (Å²) in [4.78, 5) is 15.0. The Morgan fingerprint density at radius 1 is 1.06 bits per heavy atom. The van der Waals surface area contributed by atoms with Crippen molar-refractivity contribution >= 4 is 16.6 Å². The molecule has 31 heavy (non-hydrogen) atoms. The van der Waals surface area contributed by atoms with Crippen molar-refractivity contribution in [1.82, 2.24) is 4.90 Å². The average molecular weight is 425 g/mol. The number of halogens is 3. The summed E-state index contributed by atoms with van der Waals surface area (Å²) < 4.78 is 38.6. The van der Waals surface area contributed by atoms with Gasteiger partial charge in [-0.1, -0.05) is 49.4 Å². The number of alkyl halides is 3. The monoisotopic (exact) mass is 425 g/mol. The maximum atomic E-state index is 12.9. The molecule has 1 atom stereocenters. The number of Topliss-reactive ketones (excluding diaryl/α,β-unsaturated/α-hetero) is 1. The molecule has 0 aromatic heterocycles. The summed E-state index contributed by atoms with van der Waals surface area (Å²) in [7, 11) is 2.11. The van der Waals surface area contributed by atoms with E-state index in [9.17, 15) is 18.0 Å². The third kappa shape index (κ3) is 4.67. The highest BCUT2D eigenvalue weighted by Gasteiger charge is 2.30. The Labute approximate surface area is 180 Å². The van der Waals surface area contributed by atoms with Gasteiger partial charge in [0.15, 0.2) is 5.78 Å². The number of hydrogen-bond acceptors (Lipinski definition) is 2. The normalized spacial score (nSPS) is 16.3. The van der Waals surface area contributed by atoms with Gasteiger partial charge in [0.1, 0.15) is 0 Å². The number of rotatable bonds is 6. The molecule has 1 saturated heterocycles. The first-order chi connectivity index (χ1) is 14.7. The predicted octanol–water partition coefficient (Wildman–Crippen LogP) is 6.69. The van der Waals surface area contributed by atoms with Crippen molar-refractivity contribution in [2.75, 3.05) is 20.1 Å². The molecule has 1 heterocycles. The Bertz CT molecular complexity index is 1080. The van der Waals surface area contributed by atoms with Gasteiger partial charge in [0.05, 0.1) is 5.56 Å². The number of likely N-dealkylation sites (tertiary alicyclic amines) is 1. The van der Waals surface area contributed by atoms with Gasteiger partial charge in [-0.2, -0.15) is 13.2 Å². The number of fused-ring (bicyclic) bond motifs is 1. The Morgan fingerprint density at radius 2 is 1.77 bits per heavy atom. The fraction of sp³-hybridized carbons (Fsp3) is 0.346. The zero-order chi connectivity index (χ0) is 22.2. The fourth-order valence-electron chi connectivity index (χ4n) is 4.39. The minimum absolute atomic E-state index is 0.140. The van der Waals surface area contributed by atoms with Gasteiger partial charge in [0, 0.05) is 25.1 Å². The Kier molecular flexibility index (Phi) is 5.89. The standard InChI is InChI=1S/C26H26F3NO/c1-17(21-15-30(2)16-21)6-13-25(31)20-9-12-24-19(14-20)4-3-5-23(24)18-7-10-22(11-8-18)26(27,28)29/h3-5,7-12,14,17,21H,6,13,15-16H2,1-2H3/t17-/m0/s1. The molecule has 1 fully saturated rings. The highest BCUT2D eigenvalue weighted by Crippen LogP contribution is 2.34. The van der Waals surface area contributed by atoms with Crippen molar-refractivity contribution in [3.63, 3.8) is 0 Å². The predicted molar refractivity (Wildman–Crippen MR) is 118 cm³/mol. The third-order valence-corrected chi connectivity index (χ3v) is 6.45. The smallest absolute Gasteiger partial charge is 0.306 e. The summed E-state index contributed by atoms with van der Waals surface area (Å²) in [5, 5.41) is 1.83. The molecular formula is C26H26F3NO. The molecule has 0 saturated carbocycles. The molecular weight excluding hydrogens is 399 g/mol. The molecule has 0 N–H and O–H groups in total. The summed E-state index contributed by atoms with van der Waals surface area (Å²) in [5.41, 5.74) is 1.60. The van der Waals surface area contributed by atoms with Gasteiger partial charge >= 0.3 is 6.18 Å². The number of benzene rings is 3. The van der Waals surface area contributed by atoms with E-state index in [0.717, 1.165) is 53.5 Å². The molecule has 2 nitrogen and oxygen atoms in total. The van der Waals surface area contributed by atoms with Crippen molar-refractivity contribution in [3.05, 3.63) is 71.8 Å². The number of ketones is 1. The molecule has 0 spiro atoms. The zero-order valence-corrected chi connectivity index (χ0v) is 17.7. The summed E-state index contributed by atoms with van der Waals surface area (Å²) in [6.45, 7) is 4.44. The van der Waals surface area contributed by atoms with Crippen LogP contribution >= 0.6 is 0 Å². The second kappa shape index (κ2) is 8.46. The summed E-state index contributed by atoms with van der Waals surface area (Å²) in [5.74, 6) is 1.36. The highest BCUT2D eigenvalue weighted by atomic mass is 19.4. The van der Waals surface area contributed by atoms with E-state index >= 15 is 0 Å². The first kappa shape index (κ1) is 21.6. The van der Waals surface area contributed by atoms with Crippen LogP contribution in [0.3, 0.4) is 0 Å². The third-order valence-electron chi connectivity index (χ3n) is 6.45. The Hall–Kier alpha value is -2.66. The number of carbonyl (C=O) groups is 1. The second-order valence-electron chi connectivity index (χ2n) is 8.74. The minimum atomic E-state index is -4.35. The molecule has 1 aliphatic heterocycles. The van der Waals surface area contributed by atoms with Crippen molar-refractivity contribution in [2.45, 2.75) is 25.9 Å². The molecule has 4 rings (SSSR count). The van der Waals surface area contributed by atoms with Crippen LogP contribution in [0.25, 0.3) is 21.9 Å². The van der Waals surface area contributed by atoms with Crippen molar-refractivity contribution in [3.8, 4) is 11.1 Å². The molecule has 0 unspecified atom stereocenters. The van der Waals surface area contributed by atoms with Gasteiger partial charge < -0.3 is 4.90 Å². The molecule has 1 aliphatic rings. The molecule has 0 amide bonds. The van der Waals surface area contributed by atoms with Crippen molar-refractivity contribution < 1.29 is 18.0 Å². The van der Waals surface area contributed by atoms with E-state index in [-0.39, 0.29) is 5.78 Å². The van der Waals surface area contributed by atoms with Crippen LogP contribution in [-0.2, 0) is 6.18 Å². The van der Waals surface area contributed by atoms with Crippen LogP contribution in [0.5, 0.6) is 0 Å². The maximum absolute atomic E-state index is 12.9. The summed E-state index contributed by atoms with van der Waals surface area (Å²) in [6.07, 6.45) is -2.93. The molecule has 3 aromatic rings. The largest absolute Gasteiger partial charge is 0.416 e. The lowest BCUT2D eigenvalue weighted by Gasteiger charge is -2.40. The van der Waals surface area contributed by atoms with Gasteiger partial charge in [-0.05, 0) is 65.4 Å². The van der Waals surface area contributed by atoms with Crippen LogP contribution in [-0.4, -0.2) is 30.8 Å². The fourth-order valence-corrected chi connectivity index (χ4v) is 4.39. The number of hydrogen-bond donors (Lipinski definition) is 0. The van der Waals surface area contributed by atoms with Crippen LogP contribution < -0.4 is 0 Å². The number of carbonyl (C=O) groups excluding carboxylic acids is 1. The van der Waals surface area contributed by atoms with Crippen LogP contribution in [0.2, 0.25) is 0 Å². The Balaban J connectivity index is 1.52. The van der Waals surface area contributed by atoms with Crippen molar-refractivity contribution in [1.29, 1.82) is 0 Å². The van der Waals surface area contributed by atoms with E-state index in [2.05, 4.69) is 18.9 Å². The first-order valence-corrected chi connectivity index (χ1v) is 10.6. The second-order valence-corrected chi connectivity index (χ2v) is 8.74. The highest BCUT2D eigenvalue weighted by molar-refractivity contribution is 6.03. The first-order valence-electron chi connectivity index (χ1n) is 10.6. The summed E-state index contributed by atoms with van der Waals surface area (Å²) >= 11 is 0. The number of nitrogens with zero attached hydrogens (tertiary/aromatic N) is 1. The van der Waals surface area contributed by atoms with Crippen molar-refractivity contribution in [2.24, 2.45) is 11.8 Å². The van der Waals surface area contributed by atoms with Gasteiger partial charge in [-0.3, -0.25) is 4.79 Å².